The number of piperidine rings is 2. The summed E-state index contributed by atoms with van der Waals surface area (Å²) in [4.78, 5) is 33.6. The van der Waals surface area contributed by atoms with Gasteiger partial charge in [-0.25, -0.2) is 4.98 Å². The van der Waals surface area contributed by atoms with Gasteiger partial charge in [0.25, 0.3) is 5.91 Å². The van der Waals surface area contributed by atoms with Gasteiger partial charge >= 0.3 is 0 Å². The number of hydrogen-bond acceptors (Lipinski definition) is 5. The van der Waals surface area contributed by atoms with Crippen molar-refractivity contribution in [1.29, 1.82) is 0 Å². The summed E-state index contributed by atoms with van der Waals surface area (Å²) in [6.07, 6.45) is 5.44. The summed E-state index contributed by atoms with van der Waals surface area (Å²) in [5.74, 6) is 1.83. The fraction of sp³-hybridized carbons (Fsp3) is 0.571. The van der Waals surface area contributed by atoms with Crippen molar-refractivity contribution in [2.75, 3.05) is 18.0 Å². The SMILES string of the molecule is CC1CCC(NC(=O)c2cc3nc(Cc4c(Cl)ccc(CNC(=O)C(C)(C)C)c4Cl)n(C)c3cc2N2C[C@H]3C[C@@H](C2)C3O)CC1. The Morgan fingerprint density at radius 2 is 1.76 bits per heavy atom. The molecule has 4 fully saturated rings. The molecule has 1 unspecified atom stereocenters. The van der Waals surface area contributed by atoms with Gasteiger partial charge in [-0.1, -0.05) is 57.0 Å². The molecule has 45 heavy (non-hydrogen) atoms. The van der Waals surface area contributed by atoms with Crippen LogP contribution in [0.25, 0.3) is 11.0 Å². The molecule has 2 saturated heterocycles. The molecule has 3 atom stereocenters. The predicted molar refractivity (Wildman–Crippen MR) is 180 cm³/mol. The van der Waals surface area contributed by atoms with Crippen LogP contribution in [0.3, 0.4) is 0 Å². The Morgan fingerprint density at radius 3 is 2.40 bits per heavy atom. The standard InChI is InChI=1S/C35H45Cl2N5O3/c1-19-6-9-23(10-7-19)39-33(44)25-13-27-29(15-28(25)42-17-21-12-22(18-42)32(21)43)41(5)30(40-27)14-24-26(36)11-8-20(31(24)37)16-38-34(45)35(2,3)4/h8,11,13,15,19,21-23,32,43H,6-7,9-10,12,14,16-18H2,1-5H3,(H,38,45)(H,39,44)/t19?,21-,22+,23?,32?. The number of aromatic nitrogens is 2. The van der Waals surface area contributed by atoms with Crippen molar-refractivity contribution in [2.24, 2.45) is 30.2 Å². The number of rotatable bonds is 7. The van der Waals surface area contributed by atoms with Crippen molar-refractivity contribution in [3.63, 3.8) is 0 Å². The van der Waals surface area contributed by atoms with E-state index < -0.39 is 5.41 Å². The highest BCUT2D eigenvalue weighted by Gasteiger charge is 2.46. The molecule has 2 aromatic carbocycles. The number of amides is 2. The lowest BCUT2D eigenvalue weighted by molar-refractivity contribution is -0.128. The molecule has 4 aliphatic rings. The average molecular weight is 655 g/mol. The minimum Gasteiger partial charge on any atom is -0.392 e. The van der Waals surface area contributed by atoms with Crippen molar-refractivity contribution < 1.29 is 14.7 Å². The van der Waals surface area contributed by atoms with Crippen LogP contribution in [0.1, 0.15) is 87.1 Å². The predicted octanol–water partition coefficient (Wildman–Crippen LogP) is 6.26. The van der Waals surface area contributed by atoms with E-state index in [2.05, 4.69) is 28.5 Å². The molecule has 2 bridgehead atoms. The number of halogens is 2. The van der Waals surface area contributed by atoms with Gasteiger partial charge in [-0.15, -0.1) is 0 Å². The van der Waals surface area contributed by atoms with Crippen LogP contribution in [-0.2, 0) is 24.8 Å². The summed E-state index contributed by atoms with van der Waals surface area (Å²) in [5, 5.41) is 17.8. The molecule has 2 aliphatic heterocycles. The molecule has 3 aromatic rings. The number of benzene rings is 2. The lowest BCUT2D eigenvalue weighted by Gasteiger charge is -2.52. The van der Waals surface area contributed by atoms with E-state index in [1.54, 1.807) is 0 Å². The maximum atomic E-state index is 13.9. The number of aliphatic hydroxyl groups excluding tert-OH is 1. The molecule has 2 aliphatic carbocycles. The van der Waals surface area contributed by atoms with E-state index in [4.69, 9.17) is 28.2 Å². The zero-order valence-electron chi connectivity index (χ0n) is 26.9. The third-order valence-corrected chi connectivity index (χ3v) is 11.1. The Bertz CT molecular complexity index is 1610. The van der Waals surface area contributed by atoms with Crippen molar-refractivity contribution in [2.45, 2.75) is 84.9 Å². The Morgan fingerprint density at radius 1 is 1.07 bits per heavy atom. The van der Waals surface area contributed by atoms with E-state index >= 15 is 0 Å². The van der Waals surface area contributed by atoms with E-state index in [1.165, 1.54) is 0 Å². The maximum Gasteiger partial charge on any atom is 0.253 e. The summed E-state index contributed by atoms with van der Waals surface area (Å²) >= 11 is 13.6. The molecule has 3 N–H and O–H groups in total. The second-order valence-corrected chi connectivity index (χ2v) is 15.4. The molecule has 242 valence electrons. The minimum absolute atomic E-state index is 0.0559. The fourth-order valence-corrected chi connectivity index (χ4v) is 7.72. The van der Waals surface area contributed by atoms with Crippen molar-refractivity contribution in [1.82, 2.24) is 20.2 Å². The highest BCUT2D eigenvalue weighted by Crippen LogP contribution is 2.43. The molecule has 2 amide bonds. The number of nitrogens with one attached hydrogen (secondary N) is 2. The van der Waals surface area contributed by atoms with E-state index in [0.717, 1.165) is 78.9 Å². The van der Waals surface area contributed by atoms with Gasteiger partial charge in [0.2, 0.25) is 5.91 Å². The number of carbonyl (C=O) groups is 2. The number of nitrogens with zero attached hydrogens (tertiary/aromatic N) is 3. The number of carbonyl (C=O) groups excluding carboxylic acids is 2. The Labute approximate surface area is 275 Å². The van der Waals surface area contributed by atoms with Gasteiger partial charge in [0.1, 0.15) is 5.82 Å². The molecule has 8 nitrogen and oxygen atoms in total. The van der Waals surface area contributed by atoms with E-state index in [-0.39, 0.29) is 35.8 Å². The largest absolute Gasteiger partial charge is 0.392 e. The van der Waals surface area contributed by atoms with Crippen LogP contribution in [0, 0.1) is 23.2 Å². The van der Waals surface area contributed by atoms with Gasteiger partial charge in [-0.2, -0.15) is 0 Å². The third kappa shape index (κ3) is 6.43. The normalized spacial score (nSPS) is 24.8. The molecular formula is C35H45Cl2N5O3. The van der Waals surface area contributed by atoms with Crippen LogP contribution in [0.5, 0.6) is 0 Å². The second kappa shape index (κ2) is 12.4. The highest BCUT2D eigenvalue weighted by molar-refractivity contribution is 6.36. The number of hydrogen-bond donors (Lipinski definition) is 3. The smallest absolute Gasteiger partial charge is 0.253 e. The fourth-order valence-electron chi connectivity index (χ4n) is 7.15. The summed E-state index contributed by atoms with van der Waals surface area (Å²) in [5.41, 5.74) is 4.21. The van der Waals surface area contributed by atoms with Gasteiger partial charge in [-0.05, 0) is 67.3 Å². The monoisotopic (exact) mass is 653 g/mol. The number of aryl methyl sites for hydroxylation is 1. The summed E-state index contributed by atoms with van der Waals surface area (Å²) in [6, 6.07) is 7.84. The molecule has 3 heterocycles. The van der Waals surface area contributed by atoms with Crippen LogP contribution in [-0.4, -0.2) is 51.7 Å². The zero-order valence-corrected chi connectivity index (χ0v) is 28.4. The van der Waals surface area contributed by atoms with Crippen LogP contribution < -0.4 is 15.5 Å². The number of aliphatic hydroxyl groups is 1. The first kappa shape index (κ1) is 32.1. The summed E-state index contributed by atoms with van der Waals surface area (Å²) in [6.45, 7) is 9.67. The van der Waals surface area contributed by atoms with Crippen LogP contribution >= 0.6 is 23.2 Å². The molecule has 1 aromatic heterocycles. The second-order valence-electron chi connectivity index (χ2n) is 14.6. The number of imidazole rings is 1. The quantitative estimate of drug-likeness (QED) is 0.280. The molecule has 2 saturated carbocycles. The van der Waals surface area contributed by atoms with Crippen LogP contribution in [0.15, 0.2) is 24.3 Å². The van der Waals surface area contributed by atoms with Crippen molar-refractivity contribution in [3.05, 3.63) is 56.8 Å². The molecule has 0 radical (unpaired) electrons. The van der Waals surface area contributed by atoms with E-state index in [9.17, 15) is 14.7 Å². The van der Waals surface area contributed by atoms with Gasteiger partial charge in [0.05, 0.1) is 33.4 Å². The minimum atomic E-state index is -0.507. The first-order valence-electron chi connectivity index (χ1n) is 16.3. The van der Waals surface area contributed by atoms with Crippen LogP contribution in [0.4, 0.5) is 5.69 Å². The summed E-state index contributed by atoms with van der Waals surface area (Å²) < 4.78 is 2.04. The average Bonchev–Trinajstić information content (AvgIpc) is 3.32. The third-order valence-electron chi connectivity index (χ3n) is 10.2. The lowest BCUT2D eigenvalue weighted by atomic mass is 9.68. The van der Waals surface area contributed by atoms with Gasteiger partial charge in [0.15, 0.2) is 0 Å². The van der Waals surface area contributed by atoms with Gasteiger partial charge in [-0.3, -0.25) is 9.59 Å². The van der Waals surface area contributed by atoms with E-state index in [0.29, 0.717) is 34.5 Å². The topological polar surface area (TPSA) is 99.5 Å². The Balaban J connectivity index is 1.31. The van der Waals surface area contributed by atoms with Gasteiger partial charge < -0.3 is 25.2 Å². The molecule has 7 rings (SSSR count). The van der Waals surface area contributed by atoms with E-state index in [1.807, 2.05) is 50.6 Å². The van der Waals surface area contributed by atoms with Crippen molar-refractivity contribution >= 4 is 51.7 Å². The van der Waals surface area contributed by atoms with Crippen molar-refractivity contribution in [3.8, 4) is 0 Å². The highest BCUT2D eigenvalue weighted by atomic mass is 35.5. The number of fused-ring (bicyclic) bond motifs is 3. The molecular weight excluding hydrogens is 609 g/mol. The first-order chi connectivity index (χ1) is 21.3. The zero-order chi connectivity index (χ0) is 32.2. The summed E-state index contributed by atoms with van der Waals surface area (Å²) in [7, 11) is 1.98. The molecule has 0 spiro atoms. The maximum absolute atomic E-state index is 13.9. The molecule has 10 heteroatoms. The van der Waals surface area contributed by atoms with Crippen LogP contribution in [0.2, 0.25) is 10.0 Å². The number of anilines is 1. The Hall–Kier alpha value is -2.81. The lowest BCUT2D eigenvalue weighted by Crippen LogP contribution is -2.58. The van der Waals surface area contributed by atoms with Gasteiger partial charge in [0, 0.05) is 61.4 Å². The first-order valence-corrected chi connectivity index (χ1v) is 17.0. The Kier molecular flexibility index (Phi) is 8.87.